The Balaban J connectivity index is 1.93. The van der Waals surface area contributed by atoms with E-state index >= 15 is 0 Å². The van der Waals surface area contributed by atoms with Crippen LogP contribution in [0.4, 0.5) is 19.1 Å². The van der Waals surface area contributed by atoms with Crippen molar-refractivity contribution in [2.75, 3.05) is 25.1 Å². The summed E-state index contributed by atoms with van der Waals surface area (Å²) in [5.74, 6) is 0.445. The number of hydrogen-bond acceptors (Lipinski definition) is 4. The SMILES string of the molecule is CN(C[C@H]1CCCO1)c1nccc(CCC(F)(F)F)n1. The molecule has 1 atom stereocenters. The summed E-state index contributed by atoms with van der Waals surface area (Å²) < 4.78 is 42.1. The fourth-order valence-electron chi connectivity index (χ4n) is 2.15. The molecule has 0 unspecified atom stereocenters. The van der Waals surface area contributed by atoms with Gasteiger partial charge in [-0.15, -0.1) is 0 Å². The average Bonchev–Trinajstić information content (AvgIpc) is 2.89. The van der Waals surface area contributed by atoms with Gasteiger partial charge in [0.15, 0.2) is 0 Å². The molecule has 7 heteroatoms. The molecule has 0 radical (unpaired) electrons. The molecule has 0 N–H and O–H groups in total. The summed E-state index contributed by atoms with van der Waals surface area (Å²) in [7, 11) is 1.82. The first kappa shape index (κ1) is 15.0. The molecule has 20 heavy (non-hydrogen) atoms. The van der Waals surface area contributed by atoms with Gasteiger partial charge in [0.05, 0.1) is 6.10 Å². The number of anilines is 1. The second-order valence-electron chi connectivity index (χ2n) is 4.98. The number of rotatable bonds is 5. The molecule has 1 aliphatic heterocycles. The van der Waals surface area contributed by atoms with E-state index in [-0.39, 0.29) is 12.5 Å². The highest BCUT2D eigenvalue weighted by atomic mass is 19.4. The van der Waals surface area contributed by atoms with Crippen LogP contribution in [-0.4, -0.2) is 42.4 Å². The molecule has 0 aromatic carbocycles. The minimum absolute atomic E-state index is 0.118. The summed E-state index contributed by atoms with van der Waals surface area (Å²) in [6.07, 6.45) is -1.44. The molecule has 0 amide bonds. The fourth-order valence-corrected chi connectivity index (χ4v) is 2.15. The highest BCUT2D eigenvalue weighted by molar-refractivity contribution is 5.29. The lowest BCUT2D eigenvalue weighted by atomic mass is 10.2. The van der Waals surface area contributed by atoms with Crippen molar-refractivity contribution in [1.29, 1.82) is 0 Å². The third-order valence-electron chi connectivity index (χ3n) is 3.21. The summed E-state index contributed by atoms with van der Waals surface area (Å²) in [4.78, 5) is 10.1. The summed E-state index contributed by atoms with van der Waals surface area (Å²) in [6, 6.07) is 1.52. The van der Waals surface area contributed by atoms with Crippen LogP contribution in [0.3, 0.4) is 0 Å². The van der Waals surface area contributed by atoms with E-state index in [1.54, 1.807) is 0 Å². The predicted molar refractivity (Wildman–Crippen MR) is 68.7 cm³/mol. The van der Waals surface area contributed by atoms with Gasteiger partial charge in [-0.05, 0) is 25.3 Å². The fraction of sp³-hybridized carbons (Fsp3) is 0.692. The van der Waals surface area contributed by atoms with Crippen molar-refractivity contribution in [1.82, 2.24) is 9.97 Å². The number of alkyl halides is 3. The van der Waals surface area contributed by atoms with E-state index < -0.39 is 12.6 Å². The minimum Gasteiger partial charge on any atom is -0.376 e. The maximum absolute atomic E-state index is 12.2. The normalized spacial score (nSPS) is 19.3. The molecule has 0 spiro atoms. The van der Waals surface area contributed by atoms with Crippen molar-refractivity contribution in [3.8, 4) is 0 Å². The van der Waals surface area contributed by atoms with Gasteiger partial charge in [0, 0.05) is 38.5 Å². The lowest BCUT2D eigenvalue weighted by Crippen LogP contribution is -2.30. The lowest BCUT2D eigenvalue weighted by molar-refractivity contribution is -0.134. The molecule has 1 aliphatic rings. The highest BCUT2D eigenvalue weighted by Crippen LogP contribution is 2.22. The average molecular weight is 289 g/mol. The van der Waals surface area contributed by atoms with Crippen molar-refractivity contribution in [2.24, 2.45) is 0 Å². The number of halogens is 3. The van der Waals surface area contributed by atoms with E-state index in [9.17, 15) is 13.2 Å². The van der Waals surface area contributed by atoms with Crippen LogP contribution in [0.15, 0.2) is 12.3 Å². The zero-order chi connectivity index (χ0) is 14.6. The van der Waals surface area contributed by atoms with Crippen LogP contribution >= 0.6 is 0 Å². The molecular formula is C13H18F3N3O. The Morgan fingerprint density at radius 1 is 1.45 bits per heavy atom. The third-order valence-corrected chi connectivity index (χ3v) is 3.21. The molecule has 112 valence electrons. The Labute approximate surface area is 116 Å². The van der Waals surface area contributed by atoms with Gasteiger partial charge in [-0.3, -0.25) is 0 Å². The Morgan fingerprint density at radius 2 is 2.25 bits per heavy atom. The number of likely N-dealkylation sites (N-methyl/N-ethyl adjacent to an activating group) is 1. The van der Waals surface area contributed by atoms with E-state index in [1.165, 1.54) is 12.3 Å². The van der Waals surface area contributed by atoms with Gasteiger partial charge in [-0.1, -0.05) is 0 Å². The van der Waals surface area contributed by atoms with Crippen LogP contribution in [-0.2, 0) is 11.2 Å². The Kier molecular flexibility index (Phi) is 4.80. The molecule has 0 aliphatic carbocycles. The first-order valence-corrected chi connectivity index (χ1v) is 6.65. The standard InChI is InChI=1S/C13H18F3N3O/c1-19(9-11-3-2-8-20-11)12-17-7-5-10(18-12)4-6-13(14,15)16/h5,7,11H,2-4,6,8-9H2,1H3/t11-/m1/s1. The summed E-state index contributed by atoms with van der Waals surface area (Å²) >= 11 is 0. The largest absolute Gasteiger partial charge is 0.389 e. The molecule has 0 saturated carbocycles. The minimum atomic E-state index is -4.16. The van der Waals surface area contributed by atoms with E-state index in [2.05, 4.69) is 9.97 Å². The zero-order valence-corrected chi connectivity index (χ0v) is 11.4. The first-order chi connectivity index (χ1) is 9.44. The van der Waals surface area contributed by atoms with E-state index in [1.807, 2.05) is 11.9 Å². The van der Waals surface area contributed by atoms with Crippen molar-refractivity contribution in [3.63, 3.8) is 0 Å². The summed E-state index contributed by atoms with van der Waals surface area (Å²) in [6.45, 7) is 1.42. The second kappa shape index (κ2) is 6.39. The van der Waals surface area contributed by atoms with E-state index in [0.29, 0.717) is 18.2 Å². The quantitative estimate of drug-likeness (QED) is 0.835. The molecule has 1 aromatic rings. The highest BCUT2D eigenvalue weighted by Gasteiger charge is 2.27. The van der Waals surface area contributed by atoms with Crippen LogP contribution in [0, 0.1) is 0 Å². The predicted octanol–water partition coefficient (Wildman–Crippen LogP) is 2.59. The molecule has 4 nitrogen and oxygen atoms in total. The van der Waals surface area contributed by atoms with Crippen molar-refractivity contribution in [2.45, 2.75) is 38.0 Å². The Morgan fingerprint density at radius 3 is 2.90 bits per heavy atom. The van der Waals surface area contributed by atoms with Gasteiger partial charge in [0.25, 0.3) is 0 Å². The first-order valence-electron chi connectivity index (χ1n) is 6.65. The van der Waals surface area contributed by atoms with Crippen molar-refractivity contribution in [3.05, 3.63) is 18.0 Å². The van der Waals surface area contributed by atoms with E-state index in [0.717, 1.165) is 19.4 Å². The lowest BCUT2D eigenvalue weighted by Gasteiger charge is -2.21. The summed E-state index contributed by atoms with van der Waals surface area (Å²) in [5.41, 5.74) is 0.409. The molecule has 2 heterocycles. The second-order valence-corrected chi connectivity index (χ2v) is 4.98. The van der Waals surface area contributed by atoms with Gasteiger partial charge >= 0.3 is 6.18 Å². The Hall–Kier alpha value is -1.37. The van der Waals surface area contributed by atoms with Gasteiger partial charge in [0.1, 0.15) is 0 Å². The van der Waals surface area contributed by atoms with Crippen molar-refractivity contribution < 1.29 is 17.9 Å². The topological polar surface area (TPSA) is 38.2 Å². The smallest absolute Gasteiger partial charge is 0.376 e. The number of aryl methyl sites for hydroxylation is 1. The van der Waals surface area contributed by atoms with Crippen LogP contribution in [0.5, 0.6) is 0 Å². The monoisotopic (exact) mass is 289 g/mol. The maximum atomic E-state index is 12.2. The van der Waals surface area contributed by atoms with Crippen LogP contribution in [0.2, 0.25) is 0 Å². The van der Waals surface area contributed by atoms with Crippen LogP contribution in [0.25, 0.3) is 0 Å². The molecular weight excluding hydrogens is 271 g/mol. The number of hydrogen-bond donors (Lipinski definition) is 0. The van der Waals surface area contributed by atoms with Crippen LogP contribution < -0.4 is 4.90 Å². The Bertz CT molecular complexity index is 433. The van der Waals surface area contributed by atoms with Gasteiger partial charge in [-0.2, -0.15) is 13.2 Å². The molecule has 0 bridgehead atoms. The maximum Gasteiger partial charge on any atom is 0.389 e. The molecule has 1 aromatic heterocycles. The van der Waals surface area contributed by atoms with Crippen LogP contribution in [0.1, 0.15) is 25.0 Å². The third kappa shape index (κ3) is 4.63. The zero-order valence-electron chi connectivity index (χ0n) is 11.4. The van der Waals surface area contributed by atoms with Gasteiger partial charge < -0.3 is 9.64 Å². The molecule has 1 saturated heterocycles. The number of ether oxygens (including phenoxy) is 1. The van der Waals surface area contributed by atoms with Gasteiger partial charge in [0.2, 0.25) is 5.95 Å². The number of aromatic nitrogens is 2. The van der Waals surface area contributed by atoms with Crippen molar-refractivity contribution >= 4 is 5.95 Å². The van der Waals surface area contributed by atoms with E-state index in [4.69, 9.17) is 4.74 Å². The molecule has 2 rings (SSSR count). The summed E-state index contributed by atoms with van der Waals surface area (Å²) in [5, 5.41) is 0. The van der Waals surface area contributed by atoms with Gasteiger partial charge in [-0.25, -0.2) is 9.97 Å². The molecule has 1 fully saturated rings. The number of nitrogens with zero attached hydrogens (tertiary/aromatic N) is 3.